The van der Waals surface area contributed by atoms with Crippen LogP contribution < -0.4 is 10.2 Å². The van der Waals surface area contributed by atoms with E-state index in [0.717, 1.165) is 42.5 Å². The molecule has 2 aliphatic heterocycles. The molecule has 1 aliphatic carbocycles. The second-order valence-electron chi connectivity index (χ2n) is 11.6. The molecule has 0 aromatic heterocycles. The molecule has 0 saturated carbocycles. The number of hydrogen-bond donors (Lipinski definition) is 1. The van der Waals surface area contributed by atoms with Crippen LogP contribution in [0.3, 0.4) is 0 Å². The van der Waals surface area contributed by atoms with E-state index in [0.29, 0.717) is 25.1 Å². The van der Waals surface area contributed by atoms with Crippen molar-refractivity contribution in [2.75, 3.05) is 18.0 Å². The maximum absolute atomic E-state index is 12.8. The summed E-state index contributed by atoms with van der Waals surface area (Å²) in [6, 6.07) is 16.3. The van der Waals surface area contributed by atoms with Crippen molar-refractivity contribution >= 4 is 17.9 Å². The van der Waals surface area contributed by atoms with Crippen molar-refractivity contribution in [1.29, 1.82) is 5.26 Å². The van der Waals surface area contributed by atoms with Crippen molar-refractivity contribution in [3.63, 3.8) is 0 Å². The fourth-order valence-corrected chi connectivity index (χ4v) is 5.91. The van der Waals surface area contributed by atoms with Gasteiger partial charge in [-0.3, -0.25) is 4.90 Å². The van der Waals surface area contributed by atoms with E-state index in [1.807, 2.05) is 62.1 Å². The molecular weight excluding hydrogens is 480 g/mol. The molecule has 200 valence electrons. The summed E-state index contributed by atoms with van der Waals surface area (Å²) >= 11 is 0. The second kappa shape index (κ2) is 10.6. The normalized spacial score (nSPS) is 22.3. The molecule has 1 N–H and O–H groups in total. The highest BCUT2D eigenvalue weighted by molar-refractivity contribution is 5.71. The lowest BCUT2D eigenvalue weighted by Crippen LogP contribution is -2.57. The number of fused-ring (bicyclic) bond motifs is 3. The van der Waals surface area contributed by atoms with Crippen molar-refractivity contribution in [3.8, 4) is 6.07 Å². The smallest absolute Gasteiger partial charge is 0.410 e. The van der Waals surface area contributed by atoms with Gasteiger partial charge < -0.3 is 19.7 Å². The monoisotopic (exact) mass is 516 g/mol. The van der Waals surface area contributed by atoms with Gasteiger partial charge in [0.15, 0.2) is 0 Å². The van der Waals surface area contributed by atoms with Gasteiger partial charge in [-0.05, 0) is 81.7 Å². The van der Waals surface area contributed by atoms with Gasteiger partial charge in [0.1, 0.15) is 18.3 Å². The average Bonchev–Trinajstić information content (AvgIpc) is 3.16. The van der Waals surface area contributed by atoms with Crippen LogP contribution >= 0.6 is 0 Å². The zero-order valence-electron chi connectivity index (χ0n) is 22.4. The Labute approximate surface area is 224 Å². The molecule has 2 amide bonds. The summed E-state index contributed by atoms with van der Waals surface area (Å²) in [6.07, 6.45) is 3.54. The summed E-state index contributed by atoms with van der Waals surface area (Å²) in [6.45, 7) is 7.30. The first-order valence-corrected chi connectivity index (χ1v) is 13.5. The summed E-state index contributed by atoms with van der Waals surface area (Å²) in [5.74, 6) is 0. The Morgan fingerprint density at radius 1 is 1.05 bits per heavy atom. The number of nitrogens with one attached hydrogen (secondary N) is 1. The number of nitrogens with zero attached hydrogens (tertiary/aromatic N) is 3. The Hall–Kier alpha value is -3.73. The number of alkyl carbamates (subject to hydrolysis) is 1. The summed E-state index contributed by atoms with van der Waals surface area (Å²) in [5, 5.41) is 13.0. The van der Waals surface area contributed by atoms with E-state index in [-0.39, 0.29) is 30.8 Å². The van der Waals surface area contributed by atoms with Gasteiger partial charge in [0.2, 0.25) is 0 Å². The summed E-state index contributed by atoms with van der Waals surface area (Å²) in [7, 11) is 0. The van der Waals surface area contributed by atoms with Crippen LogP contribution in [0.25, 0.3) is 0 Å². The Kier molecular flexibility index (Phi) is 7.20. The topological polar surface area (TPSA) is 94.9 Å². The van der Waals surface area contributed by atoms with E-state index in [1.54, 1.807) is 0 Å². The van der Waals surface area contributed by atoms with Gasteiger partial charge in [0.25, 0.3) is 0 Å². The van der Waals surface area contributed by atoms with Crippen LogP contribution in [0, 0.1) is 11.3 Å². The molecule has 0 spiro atoms. The molecule has 3 atom stereocenters. The minimum Gasteiger partial charge on any atom is -0.445 e. The van der Waals surface area contributed by atoms with Crippen molar-refractivity contribution in [3.05, 3.63) is 64.7 Å². The summed E-state index contributed by atoms with van der Waals surface area (Å²) in [5.41, 5.74) is 4.33. The molecule has 3 unspecified atom stereocenters. The van der Waals surface area contributed by atoms with Gasteiger partial charge in [-0.25, -0.2) is 9.59 Å². The van der Waals surface area contributed by atoms with E-state index >= 15 is 0 Å². The molecule has 2 bridgehead atoms. The average molecular weight is 517 g/mol. The minimum absolute atomic E-state index is 0.0311. The molecule has 2 fully saturated rings. The molecule has 2 aromatic rings. The van der Waals surface area contributed by atoms with Crippen LogP contribution in [0.15, 0.2) is 42.5 Å². The predicted molar refractivity (Wildman–Crippen MR) is 144 cm³/mol. The van der Waals surface area contributed by atoms with Crippen LogP contribution in [0.4, 0.5) is 15.3 Å². The Bertz CT molecular complexity index is 1220. The molecule has 8 heteroatoms. The molecular formula is C30H36N4O4. The fourth-order valence-electron chi connectivity index (χ4n) is 5.91. The number of ether oxygens (including phenoxy) is 2. The van der Waals surface area contributed by atoms with Gasteiger partial charge >= 0.3 is 12.2 Å². The number of amides is 2. The highest BCUT2D eigenvalue weighted by Crippen LogP contribution is 2.37. The molecule has 2 aromatic carbocycles. The third kappa shape index (κ3) is 5.72. The minimum atomic E-state index is -0.522. The van der Waals surface area contributed by atoms with Crippen molar-refractivity contribution in [2.45, 2.75) is 83.2 Å². The molecule has 5 rings (SSSR count). The van der Waals surface area contributed by atoms with Crippen LogP contribution in [0.1, 0.15) is 62.3 Å². The van der Waals surface area contributed by atoms with E-state index in [4.69, 9.17) is 9.47 Å². The van der Waals surface area contributed by atoms with E-state index < -0.39 is 11.7 Å². The zero-order valence-corrected chi connectivity index (χ0v) is 22.4. The zero-order chi connectivity index (χ0) is 26.9. The van der Waals surface area contributed by atoms with Gasteiger partial charge in [-0.1, -0.05) is 30.3 Å². The number of benzene rings is 2. The Balaban J connectivity index is 1.23. The van der Waals surface area contributed by atoms with Crippen molar-refractivity contribution in [2.24, 2.45) is 0 Å². The maximum atomic E-state index is 12.8. The van der Waals surface area contributed by atoms with Crippen LogP contribution in [0.5, 0.6) is 0 Å². The first-order chi connectivity index (χ1) is 18.2. The fraction of sp³-hybridized carbons (Fsp3) is 0.500. The quantitative estimate of drug-likeness (QED) is 0.619. The first-order valence-electron chi connectivity index (χ1n) is 13.5. The third-order valence-corrected chi connectivity index (χ3v) is 7.63. The van der Waals surface area contributed by atoms with E-state index in [2.05, 4.69) is 22.4 Å². The van der Waals surface area contributed by atoms with E-state index in [9.17, 15) is 14.9 Å². The van der Waals surface area contributed by atoms with Crippen LogP contribution in [0.2, 0.25) is 0 Å². The molecule has 8 nitrogen and oxygen atoms in total. The standard InChI is InChI=1S/C30H36N4O4/c1-30(2,3)38-29(36)34-25-11-12-26(34)18-33(17-25)27-15-21-9-10-24(14-22(21)13-23(27)16-31)32-28(35)37-19-20-7-5-4-6-8-20/h4-8,13,15,24-26H,9-12,14,17-19H2,1-3H3,(H,32,35). The lowest BCUT2D eigenvalue weighted by Gasteiger charge is -2.42. The largest absolute Gasteiger partial charge is 0.445 e. The highest BCUT2D eigenvalue weighted by atomic mass is 16.6. The number of aryl methyl sites for hydroxylation is 1. The molecule has 2 saturated heterocycles. The Morgan fingerprint density at radius 2 is 1.76 bits per heavy atom. The summed E-state index contributed by atoms with van der Waals surface area (Å²) in [4.78, 5) is 29.4. The molecule has 38 heavy (non-hydrogen) atoms. The third-order valence-electron chi connectivity index (χ3n) is 7.63. The molecule has 0 radical (unpaired) electrons. The van der Waals surface area contributed by atoms with Gasteiger partial charge in [0, 0.05) is 19.1 Å². The van der Waals surface area contributed by atoms with Crippen molar-refractivity contribution in [1.82, 2.24) is 10.2 Å². The van der Waals surface area contributed by atoms with Crippen LogP contribution in [-0.2, 0) is 28.9 Å². The Morgan fingerprint density at radius 3 is 2.42 bits per heavy atom. The molecule has 3 aliphatic rings. The number of carbonyl (C=O) groups is 2. The SMILES string of the molecule is CC(C)(C)OC(=O)N1C2CCC1CN(c1cc3c(cc1C#N)CC(NC(=O)OCc1ccccc1)CC3)C2. The molecule has 2 heterocycles. The van der Waals surface area contributed by atoms with E-state index in [1.165, 1.54) is 5.56 Å². The number of anilines is 1. The first kappa shape index (κ1) is 25.9. The number of nitriles is 1. The summed E-state index contributed by atoms with van der Waals surface area (Å²) < 4.78 is 11.1. The predicted octanol–water partition coefficient (Wildman–Crippen LogP) is 4.93. The van der Waals surface area contributed by atoms with Gasteiger partial charge in [-0.15, -0.1) is 0 Å². The van der Waals surface area contributed by atoms with Gasteiger partial charge in [-0.2, -0.15) is 5.26 Å². The number of piperazine rings is 1. The number of carbonyl (C=O) groups excluding carboxylic acids is 2. The van der Waals surface area contributed by atoms with Crippen molar-refractivity contribution < 1.29 is 19.1 Å². The second-order valence-corrected chi connectivity index (χ2v) is 11.6. The lowest BCUT2D eigenvalue weighted by atomic mass is 9.86. The lowest BCUT2D eigenvalue weighted by molar-refractivity contribution is 0.0123. The number of rotatable bonds is 4. The van der Waals surface area contributed by atoms with Gasteiger partial charge in [0.05, 0.1) is 23.3 Å². The van der Waals surface area contributed by atoms with Crippen LogP contribution in [-0.4, -0.2) is 53.9 Å². The maximum Gasteiger partial charge on any atom is 0.410 e. The number of hydrogen-bond acceptors (Lipinski definition) is 6. The highest BCUT2D eigenvalue weighted by Gasteiger charge is 2.44.